The van der Waals surface area contributed by atoms with Crippen LogP contribution in [0.4, 0.5) is 0 Å². The van der Waals surface area contributed by atoms with E-state index in [0.717, 1.165) is 0 Å². The number of carboxylic acids is 1. The summed E-state index contributed by atoms with van der Waals surface area (Å²) >= 11 is 0. The topological polar surface area (TPSA) is 66.4 Å². The monoisotopic (exact) mass is 334 g/mol. The number of rotatable bonds is 6. The molecule has 1 aliphatic carbocycles. The Bertz CT molecular complexity index is 1100. The Balaban J connectivity index is 2.85. The van der Waals surface area contributed by atoms with E-state index < -0.39 is 81.2 Å². The molecule has 1 fully saturated rings. The lowest BCUT2D eigenvalue weighted by Gasteiger charge is -2.30. The van der Waals surface area contributed by atoms with Crippen LogP contribution in [0.5, 0.6) is 0 Å². The molecule has 4 nitrogen and oxygen atoms in total. The summed E-state index contributed by atoms with van der Waals surface area (Å²) in [6, 6.07) is 4.03. The molecule has 0 aliphatic heterocycles. The van der Waals surface area contributed by atoms with Gasteiger partial charge < -0.3 is 10.4 Å². The Morgan fingerprint density at radius 3 is 2.57 bits per heavy atom. The summed E-state index contributed by atoms with van der Waals surface area (Å²) in [7, 11) is 0. The van der Waals surface area contributed by atoms with Gasteiger partial charge in [-0.15, -0.1) is 0 Å². The quantitative estimate of drug-likeness (QED) is 0.839. The normalized spacial score (nSPS) is 51.1. The molecule has 23 heavy (non-hydrogen) atoms. The molecule has 0 bridgehead atoms. The molecule has 1 saturated carbocycles. The molecule has 0 spiro atoms. The lowest BCUT2D eigenvalue weighted by atomic mass is 9.76. The third kappa shape index (κ3) is 5.08. The maximum Gasteiger partial charge on any atom is 0.326 e. The van der Waals surface area contributed by atoms with Gasteiger partial charge in [0.1, 0.15) is 6.02 Å². The van der Waals surface area contributed by atoms with Crippen molar-refractivity contribution in [2.45, 2.75) is 51.6 Å². The summed E-state index contributed by atoms with van der Waals surface area (Å²) in [6.45, 7) is -7.78. The summed E-state index contributed by atoms with van der Waals surface area (Å²) in [5.41, 5.74) is 0.142. The average molecular weight is 335 g/mol. The molecular formula is C19H27NO3. The van der Waals surface area contributed by atoms with Crippen LogP contribution < -0.4 is 5.32 Å². The molecule has 4 heteroatoms. The number of hydrogen-bond acceptors (Lipinski definition) is 2. The Hall–Kier alpha value is -1.84. The molecule has 126 valence electrons. The van der Waals surface area contributed by atoms with Gasteiger partial charge in [0, 0.05) is 34.2 Å². The van der Waals surface area contributed by atoms with Crippen molar-refractivity contribution < 1.29 is 38.0 Å². The first-order chi connectivity index (χ1) is 17.5. The van der Waals surface area contributed by atoms with Crippen molar-refractivity contribution in [3.05, 3.63) is 35.9 Å². The average Bonchev–Trinajstić information content (AvgIpc) is 2.75. The number of carboxylic acid groups (broad SMARTS) is 1. The first kappa shape index (κ1) is 5.61. The molecule has 1 atom stereocenters. The fraction of sp³-hybridized carbons (Fsp3) is 0.579. The van der Waals surface area contributed by atoms with Gasteiger partial charge >= 0.3 is 5.97 Å². The van der Waals surface area contributed by atoms with Crippen LogP contribution in [0.15, 0.2) is 30.3 Å². The molecule has 1 amide bonds. The maximum atomic E-state index is 13.4. The van der Waals surface area contributed by atoms with E-state index in [-0.39, 0.29) is 5.56 Å². The lowest BCUT2D eigenvalue weighted by molar-refractivity contribution is -0.142. The number of nitrogens with one attached hydrogen (secondary N) is 1. The smallest absolute Gasteiger partial charge is 0.326 e. The van der Waals surface area contributed by atoms with Gasteiger partial charge in [0.2, 0.25) is 5.91 Å². The van der Waals surface area contributed by atoms with Gasteiger partial charge in [0.15, 0.2) is 0 Å². The zero-order chi connectivity index (χ0) is 31.8. The number of aliphatic carboxylic acids is 1. The lowest BCUT2D eigenvalue weighted by Crippen LogP contribution is -2.45. The Kier molecular flexibility index (Phi) is 1.98. The van der Waals surface area contributed by atoms with Gasteiger partial charge in [-0.25, -0.2) is 4.79 Å². The number of hydrogen-bond donors (Lipinski definition) is 2. The van der Waals surface area contributed by atoms with Crippen molar-refractivity contribution in [1.29, 1.82) is 0 Å². The third-order valence-electron chi connectivity index (χ3n) is 2.91. The van der Waals surface area contributed by atoms with E-state index in [1.807, 2.05) is 0 Å². The molecule has 0 saturated heterocycles. The van der Waals surface area contributed by atoms with E-state index in [2.05, 4.69) is 0 Å². The van der Waals surface area contributed by atoms with E-state index in [9.17, 15) is 14.7 Å². The first-order valence-electron chi connectivity index (χ1n) is 15.1. The van der Waals surface area contributed by atoms with E-state index >= 15 is 0 Å². The predicted octanol–water partition coefficient (Wildman–Crippen LogP) is 3.26. The van der Waals surface area contributed by atoms with Crippen LogP contribution in [-0.4, -0.2) is 23.0 Å². The van der Waals surface area contributed by atoms with Gasteiger partial charge in [-0.2, -0.15) is 0 Å². The maximum absolute atomic E-state index is 13.4. The minimum absolute atomic E-state index is 0.142. The number of carbonyl (C=O) groups is 2. The standard InChI is InChI=1S/C19H27NO3/c1-13(2)15-8-10-16(11-9-15)18(21)20-17(19(22)23)12-14-6-4-3-5-7-14/h3-7,13,15-17H,8-12H2,1-2H3,(H,20,21)(H,22,23)/t15?,16?,17-/m0/s1/i1D3,2D3,8D2,9D2,10D2,11D2,15D,16D,17D. The van der Waals surface area contributed by atoms with E-state index in [4.69, 9.17) is 23.3 Å². The summed E-state index contributed by atoms with van der Waals surface area (Å²) in [5, 5.41) is 11.2. The SMILES string of the molecule is [2H]C([2H])([2H])C(C([2H])([2H])[2H])C1([2H])C([2H])([2H])C([2H])([2H])C([2H])(C(=O)N[C@@]([2H])(Cc2ccccc2)C(=O)O)C([2H])([2H])C1([2H])[2H]. The highest BCUT2D eigenvalue weighted by Gasteiger charge is 2.30. The zero-order valence-electron chi connectivity index (χ0n) is 28.9. The van der Waals surface area contributed by atoms with Gasteiger partial charge in [-0.05, 0) is 42.9 Å². The minimum atomic E-state index is -4.39. The fourth-order valence-corrected chi connectivity index (χ4v) is 1.75. The van der Waals surface area contributed by atoms with Gasteiger partial charge in [0.25, 0.3) is 0 Å². The van der Waals surface area contributed by atoms with Crippen molar-refractivity contribution in [2.75, 3.05) is 0 Å². The second-order valence-electron chi connectivity index (χ2n) is 4.62. The molecule has 2 N–H and O–H groups in total. The Morgan fingerprint density at radius 2 is 2.00 bits per heavy atom. The Morgan fingerprint density at radius 1 is 1.35 bits per heavy atom. The highest BCUT2D eigenvalue weighted by molar-refractivity contribution is 5.85. The minimum Gasteiger partial charge on any atom is -0.480 e. The van der Waals surface area contributed by atoms with Gasteiger partial charge in [-0.1, -0.05) is 44.0 Å². The van der Waals surface area contributed by atoms with Crippen molar-refractivity contribution in [2.24, 2.45) is 17.7 Å². The third-order valence-corrected chi connectivity index (χ3v) is 2.91. The summed E-state index contributed by atoms with van der Waals surface area (Å²) in [4.78, 5) is 25.4. The van der Waals surface area contributed by atoms with Crippen molar-refractivity contribution in [1.82, 2.24) is 5.32 Å². The highest BCUT2D eigenvalue weighted by Crippen LogP contribution is 2.33. The molecular weight excluding hydrogens is 290 g/mol. The van der Waals surface area contributed by atoms with Crippen molar-refractivity contribution in [3.63, 3.8) is 0 Å². The number of amides is 1. The van der Waals surface area contributed by atoms with Crippen LogP contribution in [0.2, 0.25) is 0 Å². The zero-order valence-corrected chi connectivity index (χ0v) is 11.9. The van der Waals surface area contributed by atoms with Crippen molar-refractivity contribution in [3.8, 4) is 0 Å². The van der Waals surface area contributed by atoms with E-state index in [1.165, 1.54) is 29.6 Å². The molecule has 1 aromatic carbocycles. The van der Waals surface area contributed by atoms with Crippen LogP contribution in [0.1, 0.15) is 68.1 Å². The van der Waals surface area contributed by atoms with E-state index in [1.54, 1.807) is 6.07 Å². The summed E-state index contributed by atoms with van der Waals surface area (Å²) in [6.07, 6.45) is -18.4. The molecule has 0 aromatic heterocycles. The van der Waals surface area contributed by atoms with Gasteiger partial charge in [0.05, 0.1) is 1.37 Å². The van der Waals surface area contributed by atoms with Crippen LogP contribution in [0, 0.1) is 17.7 Å². The van der Waals surface area contributed by atoms with Crippen molar-refractivity contribution >= 4 is 11.9 Å². The van der Waals surface area contributed by atoms with Crippen LogP contribution >= 0.6 is 0 Å². The molecule has 1 aromatic rings. The number of carbonyl (C=O) groups excluding carboxylic acids is 1. The largest absolute Gasteiger partial charge is 0.480 e. The van der Waals surface area contributed by atoms with Gasteiger partial charge in [-0.3, -0.25) is 4.79 Å². The number of benzene rings is 1. The molecule has 0 unspecified atom stereocenters. The predicted molar refractivity (Wildman–Crippen MR) is 90.0 cm³/mol. The van der Waals surface area contributed by atoms with Crippen LogP contribution in [0.25, 0.3) is 0 Å². The summed E-state index contributed by atoms with van der Waals surface area (Å²) in [5.74, 6) is -16.4. The highest BCUT2D eigenvalue weighted by atomic mass is 16.4. The Labute approximate surface area is 162 Å². The molecule has 1 aliphatic rings. The fourth-order valence-electron chi connectivity index (χ4n) is 1.75. The molecule has 2 rings (SSSR count). The van der Waals surface area contributed by atoms with Crippen LogP contribution in [0.3, 0.4) is 0 Å². The second-order valence-corrected chi connectivity index (χ2v) is 4.62. The summed E-state index contributed by atoms with van der Waals surface area (Å²) < 4.78 is 138. The van der Waals surface area contributed by atoms with E-state index in [0.29, 0.717) is 0 Å². The second kappa shape index (κ2) is 8.14. The molecule has 0 radical (unpaired) electrons. The van der Waals surface area contributed by atoms with Crippen LogP contribution in [-0.2, 0) is 16.0 Å². The first-order valence-corrected chi connectivity index (χ1v) is 6.62. The molecule has 0 heterocycles.